The fourth-order valence-corrected chi connectivity index (χ4v) is 2.17. The Balaban J connectivity index is 2.33. The van der Waals surface area contributed by atoms with Crippen molar-refractivity contribution in [2.24, 2.45) is 0 Å². The van der Waals surface area contributed by atoms with E-state index in [9.17, 15) is 29.8 Å². The van der Waals surface area contributed by atoms with E-state index in [1.165, 1.54) is 36.2 Å². The zero-order valence-electron chi connectivity index (χ0n) is 13.4. The van der Waals surface area contributed by atoms with Gasteiger partial charge in [-0.15, -0.1) is 0 Å². The summed E-state index contributed by atoms with van der Waals surface area (Å²) in [4.78, 5) is 46.8. The number of allylic oxidation sites excluding steroid dienone is 4. The first-order chi connectivity index (χ1) is 12.3. The number of rotatable bonds is 7. The van der Waals surface area contributed by atoms with Gasteiger partial charge < -0.3 is 10.1 Å². The van der Waals surface area contributed by atoms with Gasteiger partial charge in [0.2, 0.25) is 0 Å². The van der Waals surface area contributed by atoms with Crippen LogP contribution < -0.4 is 5.32 Å². The first kappa shape index (κ1) is 18.5. The minimum Gasteiger partial charge on any atom is -0.375 e. The Labute approximate surface area is 145 Å². The van der Waals surface area contributed by atoms with Crippen LogP contribution >= 0.6 is 0 Å². The van der Waals surface area contributed by atoms with E-state index in [0.29, 0.717) is 11.9 Å². The number of nitrogens with zero attached hydrogens (tertiary/aromatic N) is 4. The van der Waals surface area contributed by atoms with Crippen molar-refractivity contribution in [2.75, 3.05) is 0 Å². The standard InChI is InChI=1S/C14H13N5O7/c1-2-9(19(24)25)3-4-10(7-18(22)23)17-8-15-6-11(17)5-12-13(20)26-14(21)16-12/h2-4,6-8,12H,5H2,1H3,(H,16,21)/b4-3-,9-2+,10-7-. The fourth-order valence-electron chi connectivity index (χ4n) is 2.17. The van der Waals surface area contributed by atoms with Gasteiger partial charge in [-0.2, -0.15) is 0 Å². The summed E-state index contributed by atoms with van der Waals surface area (Å²) >= 11 is 0. The zero-order chi connectivity index (χ0) is 19.3. The SMILES string of the molecule is C\C=C(/C=C\C(=C\[N+](=O)[O-])n1cncc1CC1NC(=O)OC1=O)[N+](=O)[O-]. The average molecular weight is 363 g/mol. The highest BCUT2D eigenvalue weighted by atomic mass is 16.6. The quantitative estimate of drug-likeness (QED) is 0.245. The molecule has 2 rings (SSSR count). The van der Waals surface area contributed by atoms with Crippen molar-refractivity contribution in [3.05, 3.63) is 68.6 Å². The number of alkyl carbamates (subject to hydrolysis) is 1. The normalized spacial score (nSPS) is 18.1. The van der Waals surface area contributed by atoms with Gasteiger partial charge in [-0.1, -0.05) is 0 Å². The molecule has 1 aromatic rings. The molecule has 1 atom stereocenters. The third-order valence-electron chi connectivity index (χ3n) is 3.35. The van der Waals surface area contributed by atoms with Gasteiger partial charge in [-0.25, -0.2) is 14.6 Å². The molecule has 1 unspecified atom stereocenters. The first-order valence-electron chi connectivity index (χ1n) is 7.19. The molecule has 26 heavy (non-hydrogen) atoms. The largest absolute Gasteiger partial charge is 0.415 e. The molecule has 12 heteroatoms. The number of hydrogen-bond acceptors (Lipinski definition) is 8. The predicted molar refractivity (Wildman–Crippen MR) is 85.5 cm³/mol. The number of nitrogens with one attached hydrogen (secondary N) is 1. The van der Waals surface area contributed by atoms with Crippen molar-refractivity contribution in [3.8, 4) is 0 Å². The number of cyclic esters (lactones) is 2. The van der Waals surface area contributed by atoms with E-state index in [-0.39, 0.29) is 17.8 Å². The lowest BCUT2D eigenvalue weighted by Crippen LogP contribution is -2.31. The Morgan fingerprint density at radius 1 is 1.38 bits per heavy atom. The lowest BCUT2D eigenvalue weighted by Gasteiger charge is -2.09. The summed E-state index contributed by atoms with van der Waals surface area (Å²) in [5.41, 5.74) is 0.0731. The molecule has 1 aliphatic heterocycles. The molecule has 1 saturated heterocycles. The summed E-state index contributed by atoms with van der Waals surface area (Å²) in [6, 6.07) is -0.955. The summed E-state index contributed by atoms with van der Waals surface area (Å²) < 4.78 is 5.65. The molecule has 0 saturated carbocycles. The molecule has 12 nitrogen and oxygen atoms in total. The van der Waals surface area contributed by atoms with Gasteiger partial charge >= 0.3 is 12.1 Å². The van der Waals surface area contributed by atoms with Crippen LogP contribution in [0, 0.1) is 20.2 Å². The van der Waals surface area contributed by atoms with E-state index in [0.717, 1.165) is 6.08 Å². The van der Waals surface area contributed by atoms with Crippen LogP contribution in [0.5, 0.6) is 0 Å². The number of carbonyl (C=O) groups is 2. The number of ether oxygens (including phenoxy) is 1. The number of nitro groups is 2. The second-order valence-corrected chi connectivity index (χ2v) is 5.01. The van der Waals surface area contributed by atoms with Gasteiger partial charge in [0.25, 0.3) is 11.9 Å². The third kappa shape index (κ3) is 4.37. The highest BCUT2D eigenvalue weighted by molar-refractivity contribution is 5.95. The van der Waals surface area contributed by atoms with E-state index in [1.807, 2.05) is 0 Å². The van der Waals surface area contributed by atoms with Gasteiger partial charge in [-0.3, -0.25) is 24.8 Å². The molecule has 1 aliphatic rings. The molecule has 1 amide bonds. The average Bonchev–Trinajstić information content (AvgIpc) is 3.13. The Hall–Kier alpha value is -3.83. The summed E-state index contributed by atoms with van der Waals surface area (Å²) in [5.74, 6) is -0.775. The van der Waals surface area contributed by atoms with Crippen LogP contribution in [0.1, 0.15) is 12.6 Å². The highest BCUT2D eigenvalue weighted by Gasteiger charge is 2.33. The summed E-state index contributed by atoms with van der Waals surface area (Å²) in [5, 5.41) is 24.0. The molecule has 1 aromatic heterocycles. The van der Waals surface area contributed by atoms with Crippen molar-refractivity contribution in [2.45, 2.75) is 19.4 Å². The minimum absolute atomic E-state index is 0.0265. The van der Waals surface area contributed by atoms with Crippen molar-refractivity contribution >= 4 is 17.8 Å². The Kier molecular flexibility index (Phi) is 5.57. The third-order valence-corrected chi connectivity index (χ3v) is 3.35. The topological polar surface area (TPSA) is 160 Å². The van der Waals surface area contributed by atoms with Gasteiger partial charge in [-0.05, 0) is 19.1 Å². The molecule has 0 aromatic carbocycles. The van der Waals surface area contributed by atoms with Crippen molar-refractivity contribution in [3.63, 3.8) is 0 Å². The van der Waals surface area contributed by atoms with E-state index in [4.69, 9.17) is 0 Å². The fraction of sp³-hybridized carbons (Fsp3) is 0.214. The van der Waals surface area contributed by atoms with Crippen molar-refractivity contribution < 1.29 is 24.2 Å². The van der Waals surface area contributed by atoms with Crippen LogP contribution in [0.3, 0.4) is 0 Å². The molecular formula is C14H13N5O7. The molecule has 0 bridgehead atoms. The van der Waals surface area contributed by atoms with Crippen LogP contribution in [0.15, 0.2) is 42.6 Å². The monoisotopic (exact) mass is 363 g/mol. The smallest absolute Gasteiger partial charge is 0.375 e. The highest BCUT2D eigenvalue weighted by Crippen LogP contribution is 2.16. The lowest BCUT2D eigenvalue weighted by atomic mass is 10.1. The van der Waals surface area contributed by atoms with Gasteiger partial charge in [0.15, 0.2) is 0 Å². The first-order valence-corrected chi connectivity index (χ1v) is 7.19. The van der Waals surface area contributed by atoms with E-state index >= 15 is 0 Å². The Bertz CT molecular complexity index is 852. The zero-order valence-corrected chi connectivity index (χ0v) is 13.4. The predicted octanol–water partition coefficient (Wildman–Crippen LogP) is 0.872. The molecule has 0 spiro atoms. The van der Waals surface area contributed by atoms with E-state index in [1.54, 1.807) is 0 Å². The second-order valence-electron chi connectivity index (χ2n) is 5.01. The summed E-state index contributed by atoms with van der Waals surface area (Å²) in [6.45, 7) is 1.45. The molecule has 136 valence electrons. The van der Waals surface area contributed by atoms with Crippen LogP contribution in [0.4, 0.5) is 4.79 Å². The Morgan fingerprint density at radius 3 is 2.65 bits per heavy atom. The number of esters is 1. The molecule has 0 aliphatic carbocycles. The van der Waals surface area contributed by atoms with Crippen LogP contribution in [-0.4, -0.2) is 37.5 Å². The molecule has 2 heterocycles. The maximum absolute atomic E-state index is 11.5. The van der Waals surface area contributed by atoms with Gasteiger partial charge in [0, 0.05) is 24.4 Å². The maximum Gasteiger partial charge on any atom is 0.415 e. The summed E-state index contributed by atoms with van der Waals surface area (Å²) in [6.07, 6.45) is 5.85. The molecule has 1 N–H and O–H groups in total. The van der Waals surface area contributed by atoms with Crippen molar-refractivity contribution in [1.82, 2.24) is 14.9 Å². The van der Waals surface area contributed by atoms with Crippen molar-refractivity contribution in [1.29, 1.82) is 0 Å². The number of imidazole rings is 1. The molecule has 0 radical (unpaired) electrons. The van der Waals surface area contributed by atoms with Gasteiger partial charge in [0.1, 0.15) is 11.7 Å². The number of carbonyl (C=O) groups excluding carboxylic acids is 2. The Morgan fingerprint density at radius 2 is 2.12 bits per heavy atom. The van der Waals surface area contributed by atoms with Gasteiger partial charge in [0.05, 0.1) is 16.2 Å². The van der Waals surface area contributed by atoms with Crippen LogP contribution in [0.2, 0.25) is 0 Å². The second kappa shape index (κ2) is 7.83. The summed E-state index contributed by atoms with van der Waals surface area (Å²) in [7, 11) is 0. The lowest BCUT2D eigenvalue weighted by molar-refractivity contribution is -0.419. The molecular weight excluding hydrogens is 350 g/mol. The van der Waals surface area contributed by atoms with Crippen LogP contribution in [-0.2, 0) is 16.0 Å². The molecule has 1 fully saturated rings. The van der Waals surface area contributed by atoms with Crippen LogP contribution in [0.25, 0.3) is 5.70 Å². The number of aromatic nitrogens is 2. The number of hydrogen-bond donors (Lipinski definition) is 1. The van der Waals surface area contributed by atoms with E-state index < -0.39 is 28.0 Å². The maximum atomic E-state index is 11.5. The number of amides is 1. The van der Waals surface area contributed by atoms with E-state index in [2.05, 4.69) is 15.0 Å². The minimum atomic E-state index is -0.955.